The Balaban J connectivity index is 2.41. The molecule has 2 N–H and O–H groups in total. The summed E-state index contributed by atoms with van der Waals surface area (Å²) in [5.74, 6) is -0.0637. The lowest BCUT2D eigenvalue weighted by molar-refractivity contribution is -0.117. The van der Waals surface area contributed by atoms with Crippen molar-refractivity contribution in [3.8, 4) is 0 Å². The molecule has 0 saturated heterocycles. The van der Waals surface area contributed by atoms with Crippen LogP contribution in [0.3, 0.4) is 0 Å². The molecule has 0 fully saturated rings. The minimum Gasteiger partial charge on any atom is -0.322 e. The molecule has 2 rings (SSSR count). The van der Waals surface area contributed by atoms with Gasteiger partial charge in [0.2, 0.25) is 5.91 Å². The van der Waals surface area contributed by atoms with E-state index in [1.165, 1.54) is 0 Å². The third kappa shape index (κ3) is 3.06. The summed E-state index contributed by atoms with van der Waals surface area (Å²) in [5.41, 5.74) is 9.80. The summed E-state index contributed by atoms with van der Waals surface area (Å²) in [7, 11) is 0. The van der Waals surface area contributed by atoms with Crippen LogP contribution >= 0.6 is 0 Å². The van der Waals surface area contributed by atoms with Crippen LogP contribution in [0.5, 0.6) is 0 Å². The standard InChI is InChI=1S/C17H20N2O/c1-13-7-6-8-14(2)17(13)19(16(20)11-18)12-15-9-4-3-5-10-15/h3-10H,11-12,18H2,1-2H3. The topological polar surface area (TPSA) is 46.3 Å². The molecule has 0 atom stereocenters. The first-order valence-corrected chi connectivity index (χ1v) is 6.74. The summed E-state index contributed by atoms with van der Waals surface area (Å²) >= 11 is 0. The van der Waals surface area contributed by atoms with Crippen molar-refractivity contribution in [3.63, 3.8) is 0 Å². The summed E-state index contributed by atoms with van der Waals surface area (Å²) in [6.07, 6.45) is 0. The fourth-order valence-electron chi connectivity index (χ4n) is 2.40. The number of carbonyl (C=O) groups excluding carboxylic acids is 1. The van der Waals surface area contributed by atoms with Crippen LogP contribution < -0.4 is 10.6 Å². The highest BCUT2D eigenvalue weighted by atomic mass is 16.2. The third-order valence-electron chi connectivity index (χ3n) is 3.37. The second-order valence-corrected chi connectivity index (χ2v) is 4.91. The molecule has 0 radical (unpaired) electrons. The predicted molar refractivity (Wildman–Crippen MR) is 82.6 cm³/mol. The van der Waals surface area contributed by atoms with Gasteiger partial charge in [0.05, 0.1) is 13.1 Å². The van der Waals surface area contributed by atoms with E-state index in [2.05, 4.69) is 0 Å². The van der Waals surface area contributed by atoms with Gasteiger partial charge < -0.3 is 10.6 Å². The van der Waals surface area contributed by atoms with Crippen LogP contribution in [0.15, 0.2) is 48.5 Å². The molecular formula is C17H20N2O. The highest BCUT2D eigenvalue weighted by Gasteiger charge is 2.18. The molecule has 20 heavy (non-hydrogen) atoms. The number of para-hydroxylation sites is 1. The molecule has 3 nitrogen and oxygen atoms in total. The summed E-state index contributed by atoms with van der Waals surface area (Å²) in [6.45, 7) is 4.59. The highest BCUT2D eigenvalue weighted by molar-refractivity contribution is 5.96. The van der Waals surface area contributed by atoms with Crippen molar-refractivity contribution in [2.45, 2.75) is 20.4 Å². The number of nitrogens with two attached hydrogens (primary N) is 1. The van der Waals surface area contributed by atoms with Gasteiger partial charge in [-0.2, -0.15) is 0 Å². The van der Waals surface area contributed by atoms with Gasteiger partial charge in [0.15, 0.2) is 0 Å². The van der Waals surface area contributed by atoms with Gasteiger partial charge in [-0.3, -0.25) is 4.79 Å². The fourth-order valence-corrected chi connectivity index (χ4v) is 2.40. The van der Waals surface area contributed by atoms with Crippen LogP contribution in [0.25, 0.3) is 0 Å². The van der Waals surface area contributed by atoms with Gasteiger partial charge in [-0.1, -0.05) is 48.5 Å². The number of rotatable bonds is 4. The van der Waals surface area contributed by atoms with Crippen molar-refractivity contribution in [1.29, 1.82) is 0 Å². The molecule has 0 aliphatic carbocycles. The second kappa shape index (κ2) is 6.35. The summed E-state index contributed by atoms with van der Waals surface area (Å²) in [4.78, 5) is 14.0. The van der Waals surface area contributed by atoms with E-state index in [-0.39, 0.29) is 12.5 Å². The monoisotopic (exact) mass is 268 g/mol. The molecular weight excluding hydrogens is 248 g/mol. The molecule has 2 aromatic rings. The highest BCUT2D eigenvalue weighted by Crippen LogP contribution is 2.26. The molecule has 0 aromatic heterocycles. The van der Waals surface area contributed by atoms with Crippen molar-refractivity contribution in [3.05, 3.63) is 65.2 Å². The number of benzene rings is 2. The molecule has 0 aliphatic heterocycles. The molecule has 2 aromatic carbocycles. The number of carbonyl (C=O) groups is 1. The number of hydrogen-bond acceptors (Lipinski definition) is 2. The Hall–Kier alpha value is -2.13. The predicted octanol–water partition coefficient (Wildman–Crippen LogP) is 2.80. The lowest BCUT2D eigenvalue weighted by atomic mass is 10.1. The van der Waals surface area contributed by atoms with E-state index in [0.29, 0.717) is 6.54 Å². The van der Waals surface area contributed by atoms with Gasteiger partial charge in [-0.05, 0) is 30.5 Å². The van der Waals surface area contributed by atoms with Gasteiger partial charge in [0.1, 0.15) is 0 Å². The lowest BCUT2D eigenvalue weighted by Crippen LogP contribution is -2.36. The SMILES string of the molecule is Cc1cccc(C)c1N(Cc1ccccc1)C(=O)CN. The lowest BCUT2D eigenvalue weighted by Gasteiger charge is -2.26. The van der Waals surface area contributed by atoms with Crippen LogP contribution in [0.1, 0.15) is 16.7 Å². The van der Waals surface area contributed by atoms with Gasteiger partial charge in [-0.15, -0.1) is 0 Å². The van der Waals surface area contributed by atoms with Crippen molar-refractivity contribution in [2.75, 3.05) is 11.4 Å². The smallest absolute Gasteiger partial charge is 0.241 e. The van der Waals surface area contributed by atoms with Gasteiger partial charge in [-0.25, -0.2) is 0 Å². The van der Waals surface area contributed by atoms with E-state index in [9.17, 15) is 4.79 Å². The third-order valence-corrected chi connectivity index (χ3v) is 3.37. The average molecular weight is 268 g/mol. The number of aryl methyl sites for hydroxylation is 2. The number of anilines is 1. The Labute approximate surface area is 120 Å². The maximum absolute atomic E-state index is 12.2. The zero-order chi connectivity index (χ0) is 14.5. The first-order valence-electron chi connectivity index (χ1n) is 6.74. The van der Waals surface area contributed by atoms with Crippen LogP contribution in [-0.2, 0) is 11.3 Å². The molecule has 0 bridgehead atoms. The van der Waals surface area contributed by atoms with E-state index < -0.39 is 0 Å². The summed E-state index contributed by atoms with van der Waals surface area (Å²) in [5, 5.41) is 0. The van der Waals surface area contributed by atoms with E-state index in [0.717, 1.165) is 22.4 Å². The Morgan fingerprint density at radius 3 is 2.15 bits per heavy atom. The van der Waals surface area contributed by atoms with Crippen molar-refractivity contribution < 1.29 is 4.79 Å². The van der Waals surface area contributed by atoms with E-state index in [4.69, 9.17) is 5.73 Å². The van der Waals surface area contributed by atoms with E-state index in [1.807, 2.05) is 62.4 Å². The molecule has 104 valence electrons. The quantitative estimate of drug-likeness (QED) is 0.926. The molecule has 0 aliphatic rings. The van der Waals surface area contributed by atoms with Gasteiger partial charge in [0.25, 0.3) is 0 Å². The first kappa shape index (κ1) is 14.3. The van der Waals surface area contributed by atoms with Gasteiger partial charge >= 0.3 is 0 Å². The first-order chi connectivity index (χ1) is 9.63. The number of amides is 1. The minimum absolute atomic E-state index is 0.0145. The summed E-state index contributed by atoms with van der Waals surface area (Å²) < 4.78 is 0. The van der Waals surface area contributed by atoms with Crippen molar-refractivity contribution >= 4 is 11.6 Å². The maximum Gasteiger partial charge on any atom is 0.241 e. The fraction of sp³-hybridized carbons (Fsp3) is 0.235. The summed E-state index contributed by atoms with van der Waals surface area (Å²) in [6, 6.07) is 16.0. The second-order valence-electron chi connectivity index (χ2n) is 4.91. The Bertz CT molecular complexity index is 573. The Kier molecular flexibility index (Phi) is 4.53. The Morgan fingerprint density at radius 1 is 1.00 bits per heavy atom. The van der Waals surface area contributed by atoms with Crippen LogP contribution in [0.2, 0.25) is 0 Å². The zero-order valence-corrected chi connectivity index (χ0v) is 12.0. The van der Waals surface area contributed by atoms with Crippen molar-refractivity contribution in [2.24, 2.45) is 5.73 Å². The van der Waals surface area contributed by atoms with E-state index in [1.54, 1.807) is 4.90 Å². The largest absolute Gasteiger partial charge is 0.322 e. The number of hydrogen-bond donors (Lipinski definition) is 1. The van der Waals surface area contributed by atoms with Crippen LogP contribution in [0, 0.1) is 13.8 Å². The Morgan fingerprint density at radius 2 is 1.60 bits per heavy atom. The molecule has 3 heteroatoms. The molecule has 1 amide bonds. The zero-order valence-electron chi connectivity index (χ0n) is 12.0. The van der Waals surface area contributed by atoms with Gasteiger partial charge in [0, 0.05) is 5.69 Å². The normalized spacial score (nSPS) is 10.3. The number of nitrogens with zero attached hydrogens (tertiary/aromatic N) is 1. The van der Waals surface area contributed by atoms with Crippen LogP contribution in [-0.4, -0.2) is 12.5 Å². The van der Waals surface area contributed by atoms with Crippen molar-refractivity contribution in [1.82, 2.24) is 0 Å². The van der Waals surface area contributed by atoms with Crippen LogP contribution in [0.4, 0.5) is 5.69 Å². The maximum atomic E-state index is 12.2. The molecule has 0 saturated carbocycles. The molecule has 0 heterocycles. The average Bonchev–Trinajstić information content (AvgIpc) is 2.46. The molecule has 0 unspecified atom stereocenters. The molecule has 0 spiro atoms. The minimum atomic E-state index is -0.0637. The van der Waals surface area contributed by atoms with E-state index >= 15 is 0 Å².